The molecule has 1 aromatic rings. The van der Waals surface area contributed by atoms with Crippen molar-refractivity contribution in [2.75, 3.05) is 0 Å². The second-order valence-electron chi connectivity index (χ2n) is 3.71. The Morgan fingerprint density at radius 3 is 1.84 bits per heavy atom. The summed E-state index contributed by atoms with van der Waals surface area (Å²) in [6.45, 7) is 1.91. The van der Waals surface area contributed by atoms with E-state index in [0.29, 0.717) is 6.42 Å². The number of benzene rings is 1. The summed E-state index contributed by atoms with van der Waals surface area (Å²) in [7, 11) is 0. The largest absolute Gasteiger partial charge is 0.290 e. The maximum Gasteiger partial charge on any atom is 0.272 e. The Bertz CT molecular complexity index is 520. The van der Waals surface area contributed by atoms with E-state index in [1.165, 1.54) is 30.4 Å². The van der Waals surface area contributed by atoms with Crippen LogP contribution in [0.4, 0.5) is 5.69 Å². The number of hydrogen-bond donors (Lipinski definition) is 0. The Labute approximate surface area is 110 Å². The van der Waals surface area contributed by atoms with Crippen molar-refractivity contribution in [3.05, 3.63) is 64.2 Å². The van der Waals surface area contributed by atoms with Crippen LogP contribution in [0.25, 0.3) is 0 Å². The molecule has 1 aromatic carbocycles. The molecule has 0 spiro atoms. The summed E-state index contributed by atoms with van der Waals surface area (Å²) in [4.78, 5) is 30.6. The number of aryl methyl sites for hydroxylation is 1. The monoisotopic (exact) mass is 259 g/mol. The lowest BCUT2D eigenvalue weighted by molar-refractivity contribution is -0.385. The molecule has 1 aliphatic rings. The van der Waals surface area contributed by atoms with Crippen LogP contribution in [-0.4, -0.2) is 16.5 Å². The molecule has 98 valence electrons. The van der Waals surface area contributed by atoms with Gasteiger partial charge in [-0.1, -0.05) is 25.1 Å². The third-order valence-electron chi connectivity index (χ3n) is 2.39. The Balaban J connectivity index is 0.000000200. The third kappa shape index (κ3) is 4.67. The van der Waals surface area contributed by atoms with Gasteiger partial charge in [0.05, 0.1) is 4.92 Å². The maximum absolute atomic E-state index is 10.4. The third-order valence-corrected chi connectivity index (χ3v) is 2.39. The molecule has 0 bridgehead atoms. The summed E-state index contributed by atoms with van der Waals surface area (Å²) in [5.74, 6) is -0.241. The summed E-state index contributed by atoms with van der Waals surface area (Å²) in [6, 6.07) is 6.79. The predicted octanol–water partition coefficient (Wildman–Crippen LogP) is 2.41. The lowest BCUT2D eigenvalue weighted by atomic mass is 10.1. The van der Waals surface area contributed by atoms with Gasteiger partial charge >= 0.3 is 0 Å². The molecule has 0 N–H and O–H groups in total. The highest BCUT2D eigenvalue weighted by Gasteiger charge is 2.08. The van der Waals surface area contributed by atoms with Crippen molar-refractivity contribution in [1.82, 2.24) is 0 Å². The summed E-state index contributed by atoms with van der Waals surface area (Å²) < 4.78 is 0. The first kappa shape index (κ1) is 14.5. The Hall–Kier alpha value is -2.56. The molecule has 0 aliphatic heterocycles. The van der Waals surface area contributed by atoms with Crippen LogP contribution >= 0.6 is 0 Å². The van der Waals surface area contributed by atoms with E-state index in [0.717, 1.165) is 5.56 Å². The van der Waals surface area contributed by atoms with E-state index in [1.807, 2.05) is 13.0 Å². The van der Waals surface area contributed by atoms with E-state index in [9.17, 15) is 19.7 Å². The number of rotatable bonds is 2. The Morgan fingerprint density at radius 1 is 1.00 bits per heavy atom. The van der Waals surface area contributed by atoms with Gasteiger partial charge in [0.15, 0.2) is 11.6 Å². The van der Waals surface area contributed by atoms with Crippen LogP contribution in [0.1, 0.15) is 12.5 Å². The first-order valence-corrected chi connectivity index (χ1v) is 5.71. The Morgan fingerprint density at radius 2 is 1.47 bits per heavy atom. The topological polar surface area (TPSA) is 77.3 Å². The van der Waals surface area contributed by atoms with Crippen molar-refractivity contribution in [2.45, 2.75) is 13.3 Å². The molecule has 19 heavy (non-hydrogen) atoms. The van der Waals surface area contributed by atoms with Gasteiger partial charge in [0.2, 0.25) is 0 Å². The van der Waals surface area contributed by atoms with Crippen molar-refractivity contribution >= 4 is 17.3 Å². The fraction of sp³-hybridized carbons (Fsp3) is 0.143. The molecule has 0 heterocycles. The minimum Gasteiger partial charge on any atom is -0.290 e. The minimum atomic E-state index is -0.348. The molecule has 2 rings (SSSR count). The molecular weight excluding hydrogens is 246 g/mol. The molecule has 5 heteroatoms. The van der Waals surface area contributed by atoms with Crippen LogP contribution < -0.4 is 0 Å². The SMILES string of the molecule is CCc1ccccc1[N+](=O)[O-].O=C1C=CC(=O)C=C1. The number of ketones is 2. The van der Waals surface area contributed by atoms with Crippen molar-refractivity contribution in [3.63, 3.8) is 0 Å². The molecule has 0 saturated heterocycles. The summed E-state index contributed by atoms with van der Waals surface area (Å²) in [5, 5.41) is 10.4. The van der Waals surface area contributed by atoms with Gasteiger partial charge in [-0.25, -0.2) is 0 Å². The zero-order valence-electron chi connectivity index (χ0n) is 10.4. The quantitative estimate of drug-likeness (QED) is 0.464. The number of carbonyl (C=O) groups excluding carboxylic acids is 2. The summed E-state index contributed by atoms with van der Waals surface area (Å²) in [5.41, 5.74) is 1.01. The average molecular weight is 259 g/mol. The average Bonchev–Trinajstić information content (AvgIpc) is 2.42. The van der Waals surface area contributed by atoms with Crippen LogP contribution in [0.5, 0.6) is 0 Å². The highest BCUT2D eigenvalue weighted by Crippen LogP contribution is 2.17. The lowest BCUT2D eigenvalue weighted by Gasteiger charge is -1.96. The van der Waals surface area contributed by atoms with Gasteiger partial charge in [-0.3, -0.25) is 19.7 Å². The number of carbonyl (C=O) groups is 2. The molecule has 1 aliphatic carbocycles. The van der Waals surface area contributed by atoms with E-state index < -0.39 is 0 Å². The number of hydrogen-bond acceptors (Lipinski definition) is 4. The molecule has 0 unspecified atom stereocenters. The maximum atomic E-state index is 10.4. The standard InChI is InChI=1S/C8H9NO2.C6H4O2/c1-2-7-5-3-4-6-8(7)9(10)11;7-5-1-2-6(8)4-3-5/h3-6H,2H2,1H3;1-4H. The molecule has 0 fully saturated rings. The molecule has 0 amide bonds. The smallest absolute Gasteiger partial charge is 0.272 e. The molecule has 5 nitrogen and oxygen atoms in total. The van der Waals surface area contributed by atoms with Gasteiger partial charge in [-0.05, 0) is 30.7 Å². The van der Waals surface area contributed by atoms with E-state index in [2.05, 4.69) is 0 Å². The second-order valence-corrected chi connectivity index (χ2v) is 3.71. The van der Waals surface area contributed by atoms with Crippen LogP contribution in [0.2, 0.25) is 0 Å². The van der Waals surface area contributed by atoms with Gasteiger partial charge < -0.3 is 0 Å². The molecule has 0 saturated carbocycles. The molecule has 0 radical (unpaired) electrons. The molecule has 0 aromatic heterocycles. The van der Waals surface area contributed by atoms with E-state index in [-0.39, 0.29) is 22.2 Å². The van der Waals surface area contributed by atoms with Gasteiger partial charge in [0, 0.05) is 11.6 Å². The fourth-order valence-corrected chi connectivity index (χ4v) is 1.43. The summed E-state index contributed by atoms with van der Waals surface area (Å²) in [6.07, 6.45) is 5.71. The highest BCUT2D eigenvalue weighted by molar-refractivity contribution is 6.14. The summed E-state index contributed by atoms with van der Waals surface area (Å²) >= 11 is 0. The van der Waals surface area contributed by atoms with Gasteiger partial charge in [0.25, 0.3) is 5.69 Å². The van der Waals surface area contributed by atoms with Crippen LogP contribution in [0.3, 0.4) is 0 Å². The van der Waals surface area contributed by atoms with Crippen molar-refractivity contribution in [3.8, 4) is 0 Å². The fourth-order valence-electron chi connectivity index (χ4n) is 1.43. The normalized spacial score (nSPS) is 12.9. The van der Waals surface area contributed by atoms with Crippen molar-refractivity contribution in [2.24, 2.45) is 0 Å². The zero-order valence-corrected chi connectivity index (χ0v) is 10.4. The number of allylic oxidation sites excluding steroid dienone is 4. The van der Waals surface area contributed by atoms with Crippen molar-refractivity contribution in [1.29, 1.82) is 0 Å². The van der Waals surface area contributed by atoms with Crippen LogP contribution in [-0.2, 0) is 16.0 Å². The van der Waals surface area contributed by atoms with Crippen molar-refractivity contribution < 1.29 is 14.5 Å². The number of nitrogens with zero attached hydrogens (tertiary/aromatic N) is 1. The van der Waals surface area contributed by atoms with E-state index >= 15 is 0 Å². The van der Waals surface area contributed by atoms with Gasteiger partial charge in [0.1, 0.15) is 0 Å². The number of nitro benzene ring substituents is 1. The minimum absolute atomic E-state index is 0.121. The van der Waals surface area contributed by atoms with Crippen LogP contribution in [0, 0.1) is 10.1 Å². The molecular formula is C14H13NO4. The molecule has 0 atom stereocenters. The number of nitro groups is 1. The van der Waals surface area contributed by atoms with E-state index in [4.69, 9.17) is 0 Å². The lowest BCUT2D eigenvalue weighted by Crippen LogP contribution is -1.97. The highest BCUT2D eigenvalue weighted by atomic mass is 16.6. The Kier molecular flexibility index (Phi) is 5.35. The first-order valence-electron chi connectivity index (χ1n) is 5.71. The zero-order chi connectivity index (χ0) is 14.3. The van der Waals surface area contributed by atoms with E-state index in [1.54, 1.807) is 12.1 Å². The first-order chi connectivity index (χ1) is 9.04. The second kappa shape index (κ2) is 7.00. The van der Waals surface area contributed by atoms with Gasteiger partial charge in [-0.2, -0.15) is 0 Å². The predicted molar refractivity (Wildman–Crippen MR) is 70.8 cm³/mol. The van der Waals surface area contributed by atoms with Crippen LogP contribution in [0.15, 0.2) is 48.6 Å². The number of para-hydroxylation sites is 1. The van der Waals surface area contributed by atoms with Gasteiger partial charge in [-0.15, -0.1) is 0 Å².